The van der Waals surface area contributed by atoms with E-state index >= 15 is 0 Å². The van der Waals surface area contributed by atoms with Crippen LogP contribution in [0.15, 0.2) is 95.5 Å². The van der Waals surface area contributed by atoms with E-state index in [0.717, 1.165) is 21.0 Å². The zero-order valence-corrected chi connectivity index (χ0v) is 17.5. The van der Waals surface area contributed by atoms with E-state index in [-0.39, 0.29) is 5.82 Å². The number of pyridine rings is 1. The minimum atomic E-state index is -0.319. The second-order valence-electron chi connectivity index (χ2n) is 6.57. The van der Waals surface area contributed by atoms with Crippen LogP contribution >= 0.6 is 23.4 Å². The average molecular weight is 449 g/mol. The maximum absolute atomic E-state index is 13.8. The summed E-state index contributed by atoms with van der Waals surface area (Å²) in [5, 5.41) is 9.49. The average Bonchev–Trinajstić information content (AvgIpc) is 3.46. The van der Waals surface area contributed by atoms with Crippen LogP contribution < -0.4 is 0 Å². The molecule has 0 saturated heterocycles. The minimum Gasteiger partial charge on any atom is -0.239 e. The molecule has 3 heterocycles. The van der Waals surface area contributed by atoms with Crippen LogP contribution in [-0.2, 0) is 0 Å². The third-order valence-corrected chi connectivity index (χ3v) is 5.75. The zero-order chi connectivity index (χ0) is 21.2. The molecule has 9 heteroatoms. The van der Waals surface area contributed by atoms with Gasteiger partial charge in [-0.3, -0.25) is 0 Å². The first kappa shape index (κ1) is 19.5. The van der Waals surface area contributed by atoms with Crippen molar-refractivity contribution in [2.45, 2.75) is 9.79 Å². The highest BCUT2D eigenvalue weighted by Crippen LogP contribution is 2.36. The van der Waals surface area contributed by atoms with Crippen molar-refractivity contribution in [2.24, 2.45) is 0 Å². The molecule has 0 radical (unpaired) electrons. The van der Waals surface area contributed by atoms with Crippen molar-refractivity contribution in [3.8, 4) is 22.8 Å². The summed E-state index contributed by atoms with van der Waals surface area (Å²) < 4.78 is 17.0. The number of halogens is 2. The van der Waals surface area contributed by atoms with Crippen molar-refractivity contribution >= 4 is 23.4 Å². The summed E-state index contributed by atoms with van der Waals surface area (Å²) in [5.41, 5.74) is 2.20. The van der Waals surface area contributed by atoms with Crippen molar-refractivity contribution in [1.29, 1.82) is 0 Å². The van der Waals surface area contributed by atoms with Crippen molar-refractivity contribution in [2.75, 3.05) is 0 Å². The van der Waals surface area contributed by atoms with E-state index in [1.165, 1.54) is 18.5 Å². The van der Waals surface area contributed by atoms with E-state index in [2.05, 4.69) is 15.1 Å². The van der Waals surface area contributed by atoms with Gasteiger partial charge in [0.25, 0.3) is 0 Å². The molecule has 0 fully saturated rings. The number of rotatable bonds is 5. The summed E-state index contributed by atoms with van der Waals surface area (Å²) in [6.07, 6.45) is 6.66. The second-order valence-corrected chi connectivity index (χ2v) is 8.12. The Morgan fingerprint density at radius 3 is 2.55 bits per heavy atom. The lowest BCUT2D eigenvalue weighted by molar-refractivity contribution is 0.625. The molecule has 5 aromatic rings. The normalized spacial score (nSPS) is 11.0. The van der Waals surface area contributed by atoms with Gasteiger partial charge in [0.1, 0.15) is 24.2 Å². The Morgan fingerprint density at radius 2 is 1.84 bits per heavy atom. The molecular weight excluding hydrogens is 435 g/mol. The van der Waals surface area contributed by atoms with E-state index in [0.29, 0.717) is 16.5 Å². The molecular formula is C22H14ClFN6S. The first-order chi connectivity index (χ1) is 15.2. The molecule has 0 unspecified atom stereocenters. The lowest BCUT2D eigenvalue weighted by Crippen LogP contribution is -1.98. The molecule has 6 nitrogen and oxygen atoms in total. The van der Waals surface area contributed by atoms with Gasteiger partial charge in [-0.25, -0.2) is 23.7 Å². The summed E-state index contributed by atoms with van der Waals surface area (Å²) in [6.45, 7) is 0. The Kier molecular flexibility index (Phi) is 5.23. The molecule has 152 valence electrons. The number of nitrogens with zero attached hydrogens (tertiary/aromatic N) is 6. The standard InChI is InChI=1S/C22H14ClFN6S/c23-16-5-7-19(8-6-16)31-20-12-29(18-3-1-2-17(24)10-18)28-22(20)15-4-9-21(26-11-15)30-14-25-13-27-30/h1-14H. The highest BCUT2D eigenvalue weighted by molar-refractivity contribution is 7.99. The van der Waals surface area contributed by atoms with E-state index in [9.17, 15) is 4.39 Å². The van der Waals surface area contributed by atoms with E-state index in [1.807, 2.05) is 48.7 Å². The number of benzene rings is 2. The topological polar surface area (TPSA) is 61.4 Å². The summed E-state index contributed by atoms with van der Waals surface area (Å²) in [7, 11) is 0. The Bertz CT molecular complexity index is 1320. The molecule has 0 amide bonds. The van der Waals surface area contributed by atoms with Crippen molar-refractivity contribution in [1.82, 2.24) is 29.5 Å². The lowest BCUT2D eigenvalue weighted by atomic mass is 10.2. The maximum atomic E-state index is 13.8. The lowest BCUT2D eigenvalue weighted by Gasteiger charge is -2.04. The van der Waals surface area contributed by atoms with Crippen LogP contribution in [0.2, 0.25) is 5.02 Å². The van der Waals surface area contributed by atoms with Crippen molar-refractivity contribution in [3.05, 3.63) is 96.6 Å². The predicted molar refractivity (Wildman–Crippen MR) is 117 cm³/mol. The molecule has 0 spiro atoms. The van der Waals surface area contributed by atoms with Gasteiger partial charge in [-0.15, -0.1) is 0 Å². The van der Waals surface area contributed by atoms with Crippen LogP contribution in [0.25, 0.3) is 22.8 Å². The maximum Gasteiger partial charge on any atom is 0.155 e. The molecule has 0 atom stereocenters. The third-order valence-electron chi connectivity index (χ3n) is 4.47. The summed E-state index contributed by atoms with van der Waals surface area (Å²) in [5.74, 6) is 0.332. The molecule has 5 rings (SSSR count). The highest BCUT2D eigenvalue weighted by atomic mass is 35.5. The van der Waals surface area contributed by atoms with Gasteiger partial charge in [0.05, 0.1) is 10.6 Å². The summed E-state index contributed by atoms with van der Waals surface area (Å²) >= 11 is 7.57. The molecule has 0 aliphatic carbocycles. The van der Waals surface area contributed by atoms with Crippen LogP contribution in [0.4, 0.5) is 4.39 Å². The third kappa shape index (κ3) is 4.21. The molecule has 0 saturated carbocycles. The fourth-order valence-electron chi connectivity index (χ4n) is 3.00. The van der Waals surface area contributed by atoms with Gasteiger partial charge in [0.15, 0.2) is 5.82 Å². The Morgan fingerprint density at radius 1 is 0.968 bits per heavy atom. The largest absolute Gasteiger partial charge is 0.239 e. The van der Waals surface area contributed by atoms with Gasteiger partial charge in [0.2, 0.25) is 0 Å². The van der Waals surface area contributed by atoms with Crippen molar-refractivity contribution in [3.63, 3.8) is 0 Å². The predicted octanol–water partition coefficient (Wildman–Crippen LogP) is 5.46. The van der Waals surface area contributed by atoms with Gasteiger partial charge in [-0.2, -0.15) is 10.2 Å². The Hall–Kier alpha value is -3.49. The minimum absolute atomic E-state index is 0.319. The van der Waals surface area contributed by atoms with Gasteiger partial charge >= 0.3 is 0 Å². The van der Waals surface area contributed by atoms with Crippen molar-refractivity contribution < 1.29 is 4.39 Å². The highest BCUT2D eigenvalue weighted by Gasteiger charge is 2.15. The van der Waals surface area contributed by atoms with Crippen LogP contribution in [0.5, 0.6) is 0 Å². The van der Waals surface area contributed by atoms with Crippen LogP contribution in [0.3, 0.4) is 0 Å². The molecule has 0 aliphatic heterocycles. The SMILES string of the molecule is Fc1cccc(-n2cc(Sc3ccc(Cl)cc3)c(-c3ccc(-n4cncn4)nc3)n2)c1. The quantitative estimate of drug-likeness (QED) is 0.357. The fourth-order valence-corrected chi connectivity index (χ4v) is 4.06. The molecule has 2 aromatic carbocycles. The summed E-state index contributed by atoms with van der Waals surface area (Å²) in [6, 6.07) is 17.7. The van der Waals surface area contributed by atoms with Crippen LogP contribution in [0.1, 0.15) is 0 Å². The van der Waals surface area contributed by atoms with E-state index < -0.39 is 0 Å². The van der Waals surface area contributed by atoms with Crippen LogP contribution in [0, 0.1) is 5.82 Å². The molecule has 0 N–H and O–H groups in total. The molecule has 31 heavy (non-hydrogen) atoms. The van der Waals surface area contributed by atoms with Gasteiger partial charge in [0, 0.05) is 27.9 Å². The van der Waals surface area contributed by atoms with Gasteiger partial charge in [-0.05, 0) is 54.6 Å². The Balaban J connectivity index is 1.56. The first-order valence-corrected chi connectivity index (χ1v) is 10.5. The molecule has 0 aliphatic rings. The number of aromatic nitrogens is 6. The summed E-state index contributed by atoms with van der Waals surface area (Å²) in [4.78, 5) is 10.3. The Labute approximate surface area is 186 Å². The van der Waals surface area contributed by atoms with Gasteiger partial charge in [-0.1, -0.05) is 29.4 Å². The van der Waals surface area contributed by atoms with E-state index in [1.54, 1.807) is 39.7 Å². The fraction of sp³-hybridized carbons (Fsp3) is 0. The second kappa shape index (κ2) is 8.33. The van der Waals surface area contributed by atoms with E-state index in [4.69, 9.17) is 16.7 Å². The monoisotopic (exact) mass is 448 g/mol. The first-order valence-electron chi connectivity index (χ1n) is 9.26. The van der Waals surface area contributed by atoms with Crippen LogP contribution in [-0.4, -0.2) is 29.5 Å². The number of hydrogen-bond donors (Lipinski definition) is 0. The molecule has 0 bridgehead atoms. The number of hydrogen-bond acceptors (Lipinski definition) is 5. The van der Waals surface area contributed by atoms with Gasteiger partial charge < -0.3 is 0 Å². The zero-order valence-electron chi connectivity index (χ0n) is 15.9. The smallest absolute Gasteiger partial charge is 0.155 e. The molecule has 3 aromatic heterocycles.